The van der Waals surface area contributed by atoms with Gasteiger partial charge in [-0.2, -0.15) is 4.68 Å². The summed E-state index contributed by atoms with van der Waals surface area (Å²) in [6.07, 6.45) is 1.55. The van der Waals surface area contributed by atoms with Gasteiger partial charge < -0.3 is 9.73 Å². The highest BCUT2D eigenvalue weighted by Gasteiger charge is 2.12. The first-order valence-electron chi connectivity index (χ1n) is 5.71. The van der Waals surface area contributed by atoms with Crippen LogP contribution in [0.15, 0.2) is 52.2 Å². The monoisotopic (exact) mass is 259 g/mol. The molecule has 6 nitrogen and oxygen atoms in total. The predicted octanol–water partition coefficient (Wildman–Crippen LogP) is 0.805. The van der Waals surface area contributed by atoms with Crippen LogP contribution in [0.25, 0.3) is 11.5 Å². The van der Waals surface area contributed by atoms with Crippen molar-refractivity contribution in [3.8, 4) is 11.5 Å². The van der Waals surface area contributed by atoms with E-state index in [0.29, 0.717) is 12.1 Å². The zero-order valence-corrected chi connectivity index (χ0v) is 10.2. The zero-order valence-electron chi connectivity index (χ0n) is 10.2. The molecule has 0 bridgehead atoms. The van der Waals surface area contributed by atoms with Crippen LogP contribution in [0, 0.1) is 0 Å². The summed E-state index contributed by atoms with van der Waals surface area (Å²) < 4.78 is 5.99. The fourth-order valence-electron chi connectivity index (χ4n) is 1.48. The van der Waals surface area contributed by atoms with Crippen molar-refractivity contribution in [2.45, 2.75) is 6.54 Å². The highest BCUT2D eigenvalue weighted by atomic mass is 16.4. The second kappa shape index (κ2) is 5.81. The number of carbonyl (C=O) groups excluding carboxylic acids is 1. The molecule has 0 fully saturated rings. The summed E-state index contributed by atoms with van der Waals surface area (Å²) in [7, 11) is 0. The van der Waals surface area contributed by atoms with Crippen molar-refractivity contribution in [3.63, 3.8) is 0 Å². The van der Waals surface area contributed by atoms with E-state index in [9.17, 15) is 9.59 Å². The summed E-state index contributed by atoms with van der Waals surface area (Å²) in [4.78, 5) is 23.0. The lowest BCUT2D eigenvalue weighted by atomic mass is 10.2. The maximum atomic E-state index is 11.6. The molecule has 2 rings (SSSR count). The molecule has 0 atom stereocenters. The van der Waals surface area contributed by atoms with Crippen LogP contribution in [0.4, 0.5) is 0 Å². The molecule has 0 saturated heterocycles. The third kappa shape index (κ3) is 3.19. The van der Waals surface area contributed by atoms with Gasteiger partial charge in [-0.15, -0.1) is 11.7 Å². The Bertz CT molecular complexity index is 628. The van der Waals surface area contributed by atoms with Gasteiger partial charge >= 0.3 is 5.76 Å². The van der Waals surface area contributed by atoms with Crippen molar-refractivity contribution in [3.05, 3.63) is 53.5 Å². The molecule has 1 amide bonds. The van der Waals surface area contributed by atoms with E-state index < -0.39 is 5.76 Å². The van der Waals surface area contributed by atoms with Gasteiger partial charge in [-0.25, -0.2) is 4.79 Å². The topological polar surface area (TPSA) is 77.1 Å². The molecule has 0 aliphatic heterocycles. The van der Waals surface area contributed by atoms with E-state index in [0.717, 1.165) is 4.68 Å². The molecular formula is C13H13N3O3. The summed E-state index contributed by atoms with van der Waals surface area (Å²) >= 11 is 0. The van der Waals surface area contributed by atoms with Crippen molar-refractivity contribution >= 4 is 5.91 Å². The smallest absolute Gasteiger partial charge is 0.388 e. The van der Waals surface area contributed by atoms with Gasteiger partial charge in [0.1, 0.15) is 6.54 Å². The minimum Gasteiger partial charge on any atom is -0.388 e. The molecule has 1 aromatic heterocycles. The van der Waals surface area contributed by atoms with Crippen LogP contribution in [-0.2, 0) is 11.3 Å². The third-order valence-electron chi connectivity index (χ3n) is 2.36. The third-order valence-corrected chi connectivity index (χ3v) is 2.36. The van der Waals surface area contributed by atoms with Gasteiger partial charge in [-0.05, 0) is 12.1 Å². The van der Waals surface area contributed by atoms with Crippen LogP contribution in [0.3, 0.4) is 0 Å². The van der Waals surface area contributed by atoms with E-state index >= 15 is 0 Å². The van der Waals surface area contributed by atoms with Gasteiger partial charge in [0.2, 0.25) is 11.8 Å². The molecule has 98 valence electrons. The summed E-state index contributed by atoms with van der Waals surface area (Å²) in [5.74, 6) is -0.787. The molecule has 0 unspecified atom stereocenters. The van der Waals surface area contributed by atoms with E-state index in [1.165, 1.54) is 0 Å². The number of hydrogen-bond donors (Lipinski definition) is 1. The normalized spacial score (nSPS) is 10.1. The first kappa shape index (κ1) is 12.8. The molecule has 0 aliphatic rings. The Morgan fingerprint density at radius 1 is 1.42 bits per heavy atom. The predicted molar refractivity (Wildman–Crippen MR) is 69.4 cm³/mol. The Morgan fingerprint density at radius 3 is 2.84 bits per heavy atom. The number of rotatable bonds is 5. The SMILES string of the molecule is C=CCNC(=O)Cn1nc(-c2ccccc2)oc1=O. The Hall–Kier alpha value is -2.63. The second-order valence-electron chi connectivity index (χ2n) is 3.79. The van der Waals surface area contributed by atoms with Crippen LogP contribution in [-0.4, -0.2) is 22.2 Å². The van der Waals surface area contributed by atoms with Crippen molar-refractivity contribution < 1.29 is 9.21 Å². The number of nitrogens with zero attached hydrogens (tertiary/aromatic N) is 2. The number of benzene rings is 1. The summed E-state index contributed by atoms with van der Waals surface area (Å²) in [6, 6.07) is 9.01. The van der Waals surface area contributed by atoms with Gasteiger partial charge in [-0.1, -0.05) is 24.3 Å². The molecule has 0 radical (unpaired) electrons. The molecule has 19 heavy (non-hydrogen) atoms. The maximum Gasteiger partial charge on any atom is 0.437 e. The van der Waals surface area contributed by atoms with Gasteiger partial charge in [0.05, 0.1) is 0 Å². The summed E-state index contributed by atoms with van der Waals surface area (Å²) in [5.41, 5.74) is 0.685. The van der Waals surface area contributed by atoms with Crippen LogP contribution >= 0.6 is 0 Å². The first-order valence-corrected chi connectivity index (χ1v) is 5.71. The van der Waals surface area contributed by atoms with Gasteiger partial charge in [0, 0.05) is 12.1 Å². The number of hydrogen-bond acceptors (Lipinski definition) is 4. The van der Waals surface area contributed by atoms with Crippen molar-refractivity contribution in [1.82, 2.24) is 15.1 Å². The van der Waals surface area contributed by atoms with E-state index in [2.05, 4.69) is 17.0 Å². The standard InChI is InChI=1S/C13H13N3O3/c1-2-8-14-11(17)9-16-13(18)19-12(15-16)10-6-4-3-5-7-10/h2-7H,1,8-9H2,(H,14,17). The van der Waals surface area contributed by atoms with E-state index in [1.54, 1.807) is 18.2 Å². The molecular weight excluding hydrogens is 246 g/mol. The maximum absolute atomic E-state index is 11.6. The van der Waals surface area contributed by atoms with Crippen LogP contribution < -0.4 is 11.1 Å². The Labute approximate surface area is 109 Å². The molecule has 1 heterocycles. The van der Waals surface area contributed by atoms with Crippen molar-refractivity contribution in [2.24, 2.45) is 0 Å². The van der Waals surface area contributed by atoms with Gasteiger partial charge in [0.15, 0.2) is 0 Å². The average Bonchev–Trinajstić information content (AvgIpc) is 2.79. The Balaban J connectivity index is 2.16. The lowest BCUT2D eigenvalue weighted by Crippen LogP contribution is -2.31. The van der Waals surface area contributed by atoms with Crippen molar-refractivity contribution in [1.29, 1.82) is 0 Å². The number of aromatic nitrogens is 2. The van der Waals surface area contributed by atoms with E-state index in [4.69, 9.17) is 4.42 Å². The van der Waals surface area contributed by atoms with Gasteiger partial charge in [0.25, 0.3) is 0 Å². The van der Waals surface area contributed by atoms with E-state index in [-0.39, 0.29) is 18.3 Å². The molecule has 0 saturated carbocycles. The number of amides is 1. The van der Waals surface area contributed by atoms with Gasteiger partial charge in [-0.3, -0.25) is 4.79 Å². The highest BCUT2D eigenvalue weighted by Crippen LogP contribution is 2.13. The molecule has 2 aromatic rings. The van der Waals surface area contributed by atoms with Crippen molar-refractivity contribution in [2.75, 3.05) is 6.54 Å². The summed E-state index contributed by atoms with van der Waals surface area (Å²) in [6.45, 7) is 3.65. The molecule has 0 spiro atoms. The fourth-order valence-corrected chi connectivity index (χ4v) is 1.48. The highest BCUT2D eigenvalue weighted by molar-refractivity contribution is 5.75. The minimum absolute atomic E-state index is 0.178. The summed E-state index contributed by atoms with van der Waals surface area (Å²) in [5, 5.41) is 6.54. The Kier molecular flexibility index (Phi) is 3.92. The van der Waals surface area contributed by atoms with Crippen LogP contribution in [0.5, 0.6) is 0 Å². The average molecular weight is 259 g/mol. The fraction of sp³-hybridized carbons (Fsp3) is 0.154. The molecule has 1 aromatic carbocycles. The number of nitrogens with one attached hydrogen (secondary N) is 1. The lowest BCUT2D eigenvalue weighted by molar-refractivity contribution is -0.121. The molecule has 1 N–H and O–H groups in total. The van der Waals surface area contributed by atoms with Crippen LogP contribution in [0.2, 0.25) is 0 Å². The minimum atomic E-state index is -0.660. The largest absolute Gasteiger partial charge is 0.437 e. The van der Waals surface area contributed by atoms with E-state index in [1.807, 2.05) is 18.2 Å². The quantitative estimate of drug-likeness (QED) is 0.806. The second-order valence-corrected chi connectivity index (χ2v) is 3.79. The zero-order chi connectivity index (χ0) is 13.7. The number of carbonyl (C=O) groups is 1. The Morgan fingerprint density at radius 2 is 2.16 bits per heavy atom. The molecule has 6 heteroatoms. The first-order chi connectivity index (χ1) is 9.20. The molecule has 0 aliphatic carbocycles. The lowest BCUT2D eigenvalue weighted by Gasteiger charge is -1.99. The van der Waals surface area contributed by atoms with Crippen LogP contribution in [0.1, 0.15) is 0 Å².